The first-order valence-corrected chi connectivity index (χ1v) is 10.3. The Morgan fingerprint density at radius 1 is 1.06 bits per heavy atom. The molecule has 32 heavy (non-hydrogen) atoms. The van der Waals surface area contributed by atoms with E-state index in [2.05, 4.69) is 10.4 Å². The Labute approximate surface area is 190 Å². The average Bonchev–Trinajstić information content (AvgIpc) is 3.47. The third-order valence-electron chi connectivity index (χ3n) is 4.82. The van der Waals surface area contributed by atoms with Crippen molar-refractivity contribution in [3.8, 4) is 17.1 Å². The van der Waals surface area contributed by atoms with Gasteiger partial charge in [0.25, 0.3) is 11.8 Å². The number of aromatic nitrogens is 2. The molecule has 0 aliphatic rings. The highest BCUT2D eigenvalue weighted by Gasteiger charge is 2.18. The van der Waals surface area contributed by atoms with Crippen molar-refractivity contribution in [2.24, 2.45) is 0 Å². The Morgan fingerprint density at radius 2 is 1.84 bits per heavy atom. The van der Waals surface area contributed by atoms with Gasteiger partial charge in [0.1, 0.15) is 5.69 Å². The maximum atomic E-state index is 12.9. The first-order chi connectivity index (χ1) is 15.4. The normalized spacial score (nSPS) is 10.7. The quantitative estimate of drug-likeness (QED) is 0.473. The standard InChI is InChI=1S/C24H21ClN4O3/c1-28(2)24(31)17-6-3-5-16(13-17)15-26-23(30)20-14-21(22-7-4-12-32-22)29(27-20)19-10-8-18(25)9-11-19/h3-14H,15H2,1-2H3,(H,26,30). The lowest BCUT2D eigenvalue weighted by Crippen LogP contribution is -2.24. The zero-order valence-electron chi connectivity index (χ0n) is 17.6. The molecule has 0 atom stereocenters. The zero-order valence-corrected chi connectivity index (χ0v) is 18.3. The predicted octanol–water partition coefficient (Wildman–Crippen LogP) is 4.42. The third-order valence-corrected chi connectivity index (χ3v) is 5.07. The number of carbonyl (C=O) groups is 2. The second kappa shape index (κ2) is 9.11. The number of halogens is 1. The lowest BCUT2D eigenvalue weighted by molar-refractivity contribution is 0.0827. The molecule has 2 aromatic carbocycles. The van der Waals surface area contributed by atoms with E-state index in [1.165, 1.54) is 4.90 Å². The molecule has 0 spiro atoms. The summed E-state index contributed by atoms with van der Waals surface area (Å²) < 4.78 is 7.17. The maximum Gasteiger partial charge on any atom is 0.272 e. The Morgan fingerprint density at radius 3 is 2.53 bits per heavy atom. The summed E-state index contributed by atoms with van der Waals surface area (Å²) in [4.78, 5) is 26.5. The van der Waals surface area contributed by atoms with Crippen molar-refractivity contribution in [1.29, 1.82) is 0 Å². The average molecular weight is 449 g/mol. The molecule has 0 saturated carbocycles. The van der Waals surface area contributed by atoms with Crippen molar-refractivity contribution in [2.75, 3.05) is 14.1 Å². The number of nitrogens with one attached hydrogen (secondary N) is 1. The van der Waals surface area contributed by atoms with Crippen LogP contribution in [0, 0.1) is 0 Å². The van der Waals surface area contributed by atoms with Gasteiger partial charge in [0.2, 0.25) is 0 Å². The van der Waals surface area contributed by atoms with E-state index >= 15 is 0 Å². The van der Waals surface area contributed by atoms with Gasteiger partial charge in [-0.2, -0.15) is 5.10 Å². The summed E-state index contributed by atoms with van der Waals surface area (Å²) >= 11 is 6.01. The van der Waals surface area contributed by atoms with Gasteiger partial charge in [-0.15, -0.1) is 0 Å². The van der Waals surface area contributed by atoms with Crippen LogP contribution in [-0.2, 0) is 6.54 Å². The summed E-state index contributed by atoms with van der Waals surface area (Å²) in [5, 5.41) is 7.96. The van der Waals surface area contributed by atoms with E-state index in [1.54, 1.807) is 73.6 Å². The van der Waals surface area contributed by atoms with Crippen LogP contribution in [0.1, 0.15) is 26.4 Å². The van der Waals surface area contributed by atoms with Gasteiger partial charge >= 0.3 is 0 Å². The molecular formula is C24H21ClN4O3. The summed E-state index contributed by atoms with van der Waals surface area (Å²) in [5.74, 6) is 0.152. The Hall–Kier alpha value is -3.84. The summed E-state index contributed by atoms with van der Waals surface area (Å²) in [5.41, 5.74) is 3.01. The molecule has 162 valence electrons. The summed E-state index contributed by atoms with van der Waals surface area (Å²) in [7, 11) is 3.40. The highest BCUT2D eigenvalue weighted by molar-refractivity contribution is 6.30. The fourth-order valence-corrected chi connectivity index (χ4v) is 3.34. The van der Waals surface area contributed by atoms with Gasteiger partial charge in [-0.3, -0.25) is 9.59 Å². The minimum atomic E-state index is -0.338. The van der Waals surface area contributed by atoms with Crippen molar-refractivity contribution in [2.45, 2.75) is 6.54 Å². The van der Waals surface area contributed by atoms with Gasteiger partial charge < -0.3 is 14.6 Å². The molecule has 2 heterocycles. The van der Waals surface area contributed by atoms with Crippen molar-refractivity contribution in [1.82, 2.24) is 20.0 Å². The van der Waals surface area contributed by atoms with Crippen LogP contribution in [0.2, 0.25) is 5.02 Å². The highest BCUT2D eigenvalue weighted by Crippen LogP contribution is 2.25. The van der Waals surface area contributed by atoms with E-state index in [9.17, 15) is 9.59 Å². The number of rotatable bonds is 6. The number of nitrogens with zero attached hydrogens (tertiary/aromatic N) is 3. The van der Waals surface area contributed by atoms with Crippen LogP contribution in [0.4, 0.5) is 0 Å². The molecule has 2 amide bonds. The first kappa shape index (κ1) is 21.4. The SMILES string of the molecule is CN(C)C(=O)c1cccc(CNC(=O)c2cc(-c3ccco3)n(-c3ccc(Cl)cc3)n2)c1. The van der Waals surface area contributed by atoms with E-state index in [0.717, 1.165) is 11.3 Å². The van der Waals surface area contributed by atoms with E-state index < -0.39 is 0 Å². The van der Waals surface area contributed by atoms with Crippen LogP contribution in [0.5, 0.6) is 0 Å². The molecule has 4 aromatic rings. The molecule has 0 radical (unpaired) electrons. The molecule has 0 bridgehead atoms. The van der Waals surface area contributed by atoms with Gasteiger partial charge in [0.05, 0.1) is 12.0 Å². The predicted molar refractivity (Wildman–Crippen MR) is 122 cm³/mol. The van der Waals surface area contributed by atoms with Crippen LogP contribution >= 0.6 is 11.6 Å². The minimum absolute atomic E-state index is 0.0945. The number of hydrogen-bond acceptors (Lipinski definition) is 4. The molecule has 0 unspecified atom stereocenters. The molecule has 2 aromatic heterocycles. The van der Waals surface area contributed by atoms with Crippen molar-refractivity contribution < 1.29 is 14.0 Å². The van der Waals surface area contributed by atoms with Gasteiger partial charge in [-0.05, 0) is 54.1 Å². The zero-order chi connectivity index (χ0) is 22.7. The number of amides is 2. The molecule has 0 fully saturated rings. The maximum absolute atomic E-state index is 12.9. The Bertz CT molecular complexity index is 1240. The molecular weight excluding hydrogens is 428 g/mol. The fraction of sp³-hybridized carbons (Fsp3) is 0.125. The third kappa shape index (κ3) is 4.58. The lowest BCUT2D eigenvalue weighted by Gasteiger charge is -2.11. The molecule has 0 aliphatic heterocycles. The molecule has 1 N–H and O–H groups in total. The fourth-order valence-electron chi connectivity index (χ4n) is 3.22. The summed E-state index contributed by atoms with van der Waals surface area (Å²) in [6.45, 7) is 0.261. The molecule has 8 heteroatoms. The minimum Gasteiger partial charge on any atom is -0.463 e. The molecule has 4 rings (SSSR count). The topological polar surface area (TPSA) is 80.4 Å². The number of furan rings is 1. The lowest BCUT2D eigenvalue weighted by atomic mass is 10.1. The monoisotopic (exact) mass is 448 g/mol. The van der Waals surface area contributed by atoms with E-state index in [0.29, 0.717) is 22.0 Å². The van der Waals surface area contributed by atoms with Crippen molar-refractivity contribution in [3.05, 3.63) is 94.8 Å². The van der Waals surface area contributed by atoms with Crippen molar-refractivity contribution >= 4 is 23.4 Å². The van der Waals surface area contributed by atoms with Gasteiger partial charge in [0.15, 0.2) is 11.5 Å². The largest absolute Gasteiger partial charge is 0.463 e. The van der Waals surface area contributed by atoms with E-state index in [-0.39, 0.29) is 24.1 Å². The number of carbonyl (C=O) groups excluding carboxylic acids is 2. The summed E-state index contributed by atoms with van der Waals surface area (Å²) in [6, 6.07) is 19.6. The second-order valence-electron chi connectivity index (χ2n) is 7.36. The molecule has 7 nitrogen and oxygen atoms in total. The van der Waals surface area contributed by atoms with Crippen molar-refractivity contribution in [3.63, 3.8) is 0 Å². The number of hydrogen-bond donors (Lipinski definition) is 1. The Kier molecular flexibility index (Phi) is 6.09. The smallest absolute Gasteiger partial charge is 0.272 e. The van der Waals surface area contributed by atoms with E-state index in [4.69, 9.17) is 16.0 Å². The molecule has 0 saturated heterocycles. The van der Waals surface area contributed by atoms with Gasteiger partial charge in [0, 0.05) is 37.3 Å². The highest BCUT2D eigenvalue weighted by atomic mass is 35.5. The van der Waals surface area contributed by atoms with Gasteiger partial charge in [-0.25, -0.2) is 4.68 Å². The summed E-state index contributed by atoms with van der Waals surface area (Å²) in [6.07, 6.45) is 1.57. The first-order valence-electron chi connectivity index (χ1n) is 9.91. The number of benzene rings is 2. The van der Waals surface area contributed by atoms with E-state index in [1.807, 2.05) is 18.2 Å². The van der Waals surface area contributed by atoms with Crippen LogP contribution in [-0.4, -0.2) is 40.6 Å². The van der Waals surface area contributed by atoms with Crippen LogP contribution < -0.4 is 5.32 Å². The van der Waals surface area contributed by atoms with Crippen LogP contribution in [0.25, 0.3) is 17.1 Å². The Balaban J connectivity index is 1.57. The van der Waals surface area contributed by atoms with Crippen LogP contribution in [0.3, 0.4) is 0 Å². The van der Waals surface area contributed by atoms with Gasteiger partial charge in [-0.1, -0.05) is 23.7 Å². The second-order valence-corrected chi connectivity index (χ2v) is 7.80. The van der Waals surface area contributed by atoms with Crippen LogP contribution in [0.15, 0.2) is 77.4 Å². The molecule has 0 aliphatic carbocycles.